The fraction of sp³-hybridized carbons (Fsp3) is 0. The van der Waals surface area contributed by atoms with E-state index in [4.69, 9.17) is 5.11 Å². The van der Waals surface area contributed by atoms with E-state index in [0.29, 0.717) is 0 Å². The summed E-state index contributed by atoms with van der Waals surface area (Å²) >= 11 is 0. The topological polar surface area (TPSA) is 100 Å². The maximum atomic E-state index is 10.3. The Morgan fingerprint density at radius 2 is 1.60 bits per heavy atom. The second kappa shape index (κ2) is 6.60. The molecule has 0 heterocycles. The summed E-state index contributed by atoms with van der Waals surface area (Å²) in [5.41, 5.74) is -0.743. The third-order valence-corrected chi connectivity index (χ3v) is 1.45. The molecule has 15 heavy (non-hydrogen) atoms. The summed E-state index contributed by atoms with van der Waals surface area (Å²) in [5, 5.41) is 29.5. The van der Waals surface area contributed by atoms with E-state index < -0.39 is 23.3 Å². The van der Waals surface area contributed by atoms with Gasteiger partial charge in [0.1, 0.15) is 5.75 Å². The molecule has 0 fully saturated rings. The van der Waals surface area contributed by atoms with Crippen LogP contribution < -0.4 is 47.9 Å². The van der Waals surface area contributed by atoms with Crippen molar-refractivity contribution < 1.29 is 62.6 Å². The zero-order valence-electron chi connectivity index (χ0n) is 8.31. The van der Waals surface area contributed by atoms with Gasteiger partial charge in [-0.05, 0) is 12.1 Å². The molecule has 1 aromatic rings. The summed E-state index contributed by atoms with van der Waals surface area (Å²) in [7, 11) is 0. The monoisotopic (exact) mass is 194 g/mol. The molecule has 0 atom stereocenters. The molecule has 0 aliphatic heterocycles. The zero-order valence-corrected chi connectivity index (χ0v) is 8.31. The normalized spacial score (nSPS) is 8.27. The molecule has 0 aliphatic rings. The van der Waals surface area contributed by atoms with Gasteiger partial charge in [0.25, 0.3) is 0 Å². The van der Waals surface area contributed by atoms with Crippen LogP contribution in [0.3, 0.4) is 0 Å². The van der Waals surface area contributed by atoms with Gasteiger partial charge in [-0.3, -0.25) is 0 Å². The number of aromatic carboxylic acids is 2. The van der Waals surface area contributed by atoms with Gasteiger partial charge in [0, 0.05) is 11.1 Å². The molecule has 1 aromatic carbocycles. The molecule has 0 amide bonds. The summed E-state index contributed by atoms with van der Waals surface area (Å²) < 4.78 is 0. The van der Waals surface area contributed by atoms with Crippen LogP contribution in [0.5, 0.6) is 5.75 Å². The van der Waals surface area contributed by atoms with Gasteiger partial charge in [0.05, 0.1) is 11.9 Å². The van der Waals surface area contributed by atoms with E-state index in [1.165, 1.54) is 0 Å². The van der Waals surface area contributed by atoms with E-state index in [1.54, 1.807) is 0 Å². The van der Waals surface area contributed by atoms with Crippen LogP contribution in [0.25, 0.3) is 0 Å². The van der Waals surface area contributed by atoms with Crippen molar-refractivity contribution in [2.45, 2.75) is 0 Å². The number of carboxylic acid groups (broad SMARTS) is 2. The van der Waals surface area contributed by atoms with E-state index in [-0.39, 0.29) is 43.3 Å². The maximum absolute atomic E-state index is 10.3. The molecule has 0 bridgehead atoms. The minimum absolute atomic E-state index is 0. The number of carboxylic acids is 2. The molecule has 0 aliphatic carbocycles. The predicted molar refractivity (Wildman–Crippen MR) is 36.8 cm³/mol. The Balaban J connectivity index is 0. The average molecular weight is 194 g/mol. The van der Waals surface area contributed by atoms with Crippen molar-refractivity contribution in [3.8, 4) is 5.75 Å². The summed E-state index contributed by atoms with van der Waals surface area (Å²) in [5.74, 6) is -3.70. The molecule has 0 aromatic heterocycles. The zero-order chi connectivity index (χ0) is 10.0. The first kappa shape index (κ1) is 16.6. The van der Waals surface area contributed by atoms with Crippen LogP contribution in [0.2, 0.25) is 0 Å². The Kier molecular flexibility index (Phi) is 7.30. The Bertz CT molecular complexity index is 377. The van der Waals surface area contributed by atoms with Crippen molar-refractivity contribution in [2.24, 2.45) is 0 Å². The van der Waals surface area contributed by atoms with Crippen LogP contribution in [0.1, 0.15) is 20.7 Å². The third kappa shape index (κ3) is 4.03. The molecular formula is C8H4Li2O5. The van der Waals surface area contributed by atoms with Crippen molar-refractivity contribution in [3.63, 3.8) is 0 Å². The van der Waals surface area contributed by atoms with Crippen molar-refractivity contribution in [1.29, 1.82) is 0 Å². The van der Waals surface area contributed by atoms with Crippen LogP contribution in [0.15, 0.2) is 18.2 Å². The molecule has 0 radical (unpaired) electrons. The summed E-state index contributed by atoms with van der Waals surface area (Å²) in [6.07, 6.45) is 0. The standard InChI is InChI=1S/C8H6O5.2Li/c9-6-3-4(7(10)11)1-2-5(6)8(12)13;;/h1-3,9H,(H,10,11)(H,12,13);;/q;2*+1/p-2. The number of hydrogen-bond acceptors (Lipinski definition) is 5. The molecule has 1 N–H and O–H groups in total. The number of carbonyl (C=O) groups excluding carboxylic acids is 2. The van der Waals surface area contributed by atoms with Crippen molar-refractivity contribution in [1.82, 2.24) is 0 Å². The summed E-state index contributed by atoms with van der Waals surface area (Å²) in [6.45, 7) is 0. The fourth-order valence-electron chi connectivity index (χ4n) is 0.831. The molecule has 7 heteroatoms. The molecule has 68 valence electrons. The van der Waals surface area contributed by atoms with Crippen molar-refractivity contribution in [2.75, 3.05) is 0 Å². The molecule has 5 nitrogen and oxygen atoms in total. The third-order valence-electron chi connectivity index (χ3n) is 1.45. The summed E-state index contributed by atoms with van der Waals surface area (Å²) in [6, 6.07) is 2.75. The SMILES string of the molecule is O=C([O-])c1ccc(C(=O)[O-])c(O)c1.[Li+].[Li+]. The van der Waals surface area contributed by atoms with Gasteiger partial charge in [0.2, 0.25) is 0 Å². The minimum Gasteiger partial charge on any atom is -0.545 e. The predicted octanol–water partition coefficient (Wildman–Crippen LogP) is -7.87. The fourth-order valence-corrected chi connectivity index (χ4v) is 0.831. The first-order valence-electron chi connectivity index (χ1n) is 3.28. The number of hydrogen-bond donors (Lipinski definition) is 1. The van der Waals surface area contributed by atoms with Crippen LogP contribution in [0, 0.1) is 0 Å². The van der Waals surface area contributed by atoms with Gasteiger partial charge in [-0.15, -0.1) is 0 Å². The van der Waals surface area contributed by atoms with Gasteiger partial charge in [-0.2, -0.15) is 0 Å². The number of benzene rings is 1. The molecule has 0 saturated heterocycles. The molecule has 1 rings (SSSR count). The molecule has 0 spiro atoms. The second-order valence-corrected chi connectivity index (χ2v) is 2.31. The second-order valence-electron chi connectivity index (χ2n) is 2.31. The largest absolute Gasteiger partial charge is 1.00 e. The molecule has 0 saturated carbocycles. The van der Waals surface area contributed by atoms with E-state index >= 15 is 0 Å². The van der Waals surface area contributed by atoms with E-state index in [0.717, 1.165) is 18.2 Å². The first-order chi connectivity index (χ1) is 6.02. The van der Waals surface area contributed by atoms with E-state index in [2.05, 4.69) is 0 Å². The van der Waals surface area contributed by atoms with E-state index in [1.807, 2.05) is 0 Å². The minimum atomic E-state index is -1.57. The number of carbonyl (C=O) groups is 2. The molecular weight excluding hydrogens is 190 g/mol. The average Bonchev–Trinajstić information content (AvgIpc) is 2.03. The molecule has 0 unspecified atom stereocenters. The van der Waals surface area contributed by atoms with Crippen LogP contribution in [0.4, 0.5) is 0 Å². The Labute approximate surface area is 109 Å². The quantitative estimate of drug-likeness (QED) is 0.471. The van der Waals surface area contributed by atoms with Crippen LogP contribution >= 0.6 is 0 Å². The Morgan fingerprint density at radius 3 is 1.93 bits per heavy atom. The number of rotatable bonds is 2. The van der Waals surface area contributed by atoms with Crippen molar-refractivity contribution in [3.05, 3.63) is 29.3 Å². The maximum Gasteiger partial charge on any atom is 1.00 e. The van der Waals surface area contributed by atoms with Crippen LogP contribution in [-0.4, -0.2) is 17.0 Å². The van der Waals surface area contributed by atoms with Gasteiger partial charge in [-0.25, -0.2) is 0 Å². The van der Waals surface area contributed by atoms with Gasteiger partial charge >= 0.3 is 37.7 Å². The smallest absolute Gasteiger partial charge is 0.545 e. The first-order valence-corrected chi connectivity index (χ1v) is 3.28. The van der Waals surface area contributed by atoms with E-state index in [9.17, 15) is 19.8 Å². The summed E-state index contributed by atoms with van der Waals surface area (Å²) in [4.78, 5) is 20.5. The van der Waals surface area contributed by atoms with Gasteiger partial charge in [-0.1, -0.05) is 6.07 Å². The van der Waals surface area contributed by atoms with Crippen molar-refractivity contribution >= 4 is 11.9 Å². The number of phenols is 1. The Morgan fingerprint density at radius 1 is 1.07 bits per heavy atom. The van der Waals surface area contributed by atoms with Gasteiger partial charge in [0.15, 0.2) is 0 Å². The Hall–Kier alpha value is -0.845. The number of aromatic hydroxyl groups is 1. The van der Waals surface area contributed by atoms with Crippen LogP contribution in [-0.2, 0) is 0 Å². The van der Waals surface area contributed by atoms with Gasteiger partial charge < -0.3 is 24.9 Å².